The number of aromatic amines is 1. The highest BCUT2D eigenvalue weighted by atomic mass is 16.5. The van der Waals surface area contributed by atoms with Gasteiger partial charge in [0.2, 0.25) is 0 Å². The average molecular weight is 378 g/mol. The van der Waals surface area contributed by atoms with Crippen LogP contribution in [0.15, 0.2) is 42.5 Å². The van der Waals surface area contributed by atoms with Crippen LogP contribution in [-0.2, 0) is 9.53 Å². The average Bonchev–Trinajstić information content (AvgIpc) is 3.00. The Labute approximate surface area is 163 Å². The zero-order chi connectivity index (χ0) is 20.3. The molecule has 0 aliphatic carbocycles. The van der Waals surface area contributed by atoms with Crippen LogP contribution in [0.25, 0.3) is 11.4 Å². The Morgan fingerprint density at radius 1 is 1.04 bits per heavy atom. The molecule has 144 valence electrons. The van der Waals surface area contributed by atoms with Gasteiger partial charge in [-0.05, 0) is 52.0 Å². The maximum Gasteiger partial charge on any atom is 0.338 e. The van der Waals surface area contributed by atoms with Crippen molar-refractivity contribution in [3.05, 3.63) is 65.1 Å². The third kappa shape index (κ3) is 4.43. The lowest BCUT2D eigenvalue weighted by Crippen LogP contribution is -2.30. The zero-order valence-corrected chi connectivity index (χ0v) is 16.2. The number of ether oxygens (including phenoxy) is 1. The standard InChI is InChI=1S/C21H22N4O3/c1-12-6-5-7-18(22-12)25-20(26)15(4)28-21(27)17-10-8-16(9-11-17)19-23-13(2)14(3)24-19/h5-11,15H,1-4H3,(H,23,24)(H,22,25,26). The summed E-state index contributed by atoms with van der Waals surface area (Å²) >= 11 is 0. The summed E-state index contributed by atoms with van der Waals surface area (Å²) in [6.45, 7) is 7.23. The molecular formula is C21H22N4O3. The topological polar surface area (TPSA) is 97.0 Å². The lowest BCUT2D eigenvalue weighted by atomic mass is 10.1. The molecule has 2 N–H and O–H groups in total. The van der Waals surface area contributed by atoms with E-state index in [0.717, 1.165) is 28.5 Å². The number of imidazole rings is 1. The fourth-order valence-corrected chi connectivity index (χ4v) is 2.57. The molecule has 0 spiro atoms. The van der Waals surface area contributed by atoms with Gasteiger partial charge in [0, 0.05) is 17.0 Å². The molecule has 3 rings (SSSR count). The molecule has 0 saturated heterocycles. The molecule has 1 atom stereocenters. The van der Waals surface area contributed by atoms with Crippen molar-refractivity contribution in [2.45, 2.75) is 33.8 Å². The first kappa shape index (κ1) is 19.3. The number of pyridine rings is 1. The number of carbonyl (C=O) groups excluding carboxylic acids is 2. The van der Waals surface area contributed by atoms with E-state index in [4.69, 9.17) is 4.74 Å². The van der Waals surface area contributed by atoms with Gasteiger partial charge in [-0.3, -0.25) is 4.79 Å². The third-order valence-corrected chi connectivity index (χ3v) is 4.31. The van der Waals surface area contributed by atoms with Crippen LogP contribution in [0.3, 0.4) is 0 Å². The van der Waals surface area contributed by atoms with Crippen LogP contribution >= 0.6 is 0 Å². The zero-order valence-electron chi connectivity index (χ0n) is 16.2. The Hall–Kier alpha value is -3.48. The second-order valence-corrected chi connectivity index (χ2v) is 6.57. The highest BCUT2D eigenvalue weighted by molar-refractivity contribution is 5.97. The maximum absolute atomic E-state index is 12.3. The molecule has 2 heterocycles. The molecule has 0 saturated carbocycles. The van der Waals surface area contributed by atoms with E-state index >= 15 is 0 Å². The first-order chi connectivity index (χ1) is 13.3. The predicted octanol–water partition coefficient (Wildman–Crippen LogP) is 3.58. The Kier molecular flexibility index (Phi) is 5.54. The van der Waals surface area contributed by atoms with Crippen LogP contribution in [0.2, 0.25) is 0 Å². The van der Waals surface area contributed by atoms with Crippen LogP contribution in [0.5, 0.6) is 0 Å². The van der Waals surface area contributed by atoms with Crippen molar-refractivity contribution in [2.75, 3.05) is 5.32 Å². The first-order valence-electron chi connectivity index (χ1n) is 8.92. The van der Waals surface area contributed by atoms with Gasteiger partial charge in [0.1, 0.15) is 11.6 Å². The van der Waals surface area contributed by atoms with Gasteiger partial charge >= 0.3 is 5.97 Å². The summed E-state index contributed by atoms with van der Waals surface area (Å²) in [6.07, 6.45) is -0.954. The smallest absolute Gasteiger partial charge is 0.338 e. The van der Waals surface area contributed by atoms with Gasteiger partial charge in [0.05, 0.1) is 11.3 Å². The van der Waals surface area contributed by atoms with Crippen LogP contribution in [0.4, 0.5) is 5.82 Å². The number of carbonyl (C=O) groups is 2. The summed E-state index contributed by atoms with van der Waals surface area (Å²) in [5, 5.41) is 2.64. The van der Waals surface area contributed by atoms with Crippen molar-refractivity contribution in [3.63, 3.8) is 0 Å². The van der Waals surface area contributed by atoms with Crippen LogP contribution < -0.4 is 5.32 Å². The van der Waals surface area contributed by atoms with Crippen molar-refractivity contribution in [1.29, 1.82) is 0 Å². The van der Waals surface area contributed by atoms with Crippen LogP contribution in [-0.4, -0.2) is 32.9 Å². The fraction of sp³-hybridized carbons (Fsp3) is 0.238. The minimum Gasteiger partial charge on any atom is -0.449 e. The highest BCUT2D eigenvalue weighted by Gasteiger charge is 2.19. The van der Waals surface area contributed by atoms with E-state index in [1.165, 1.54) is 6.92 Å². The van der Waals surface area contributed by atoms with Crippen molar-refractivity contribution in [1.82, 2.24) is 15.0 Å². The highest BCUT2D eigenvalue weighted by Crippen LogP contribution is 2.19. The Bertz CT molecular complexity index is 989. The van der Waals surface area contributed by atoms with Crippen molar-refractivity contribution in [2.24, 2.45) is 0 Å². The van der Waals surface area contributed by atoms with Gasteiger partial charge in [0.25, 0.3) is 5.91 Å². The summed E-state index contributed by atoms with van der Waals surface area (Å²) in [5.74, 6) is 0.150. The number of aryl methyl sites for hydroxylation is 3. The molecule has 7 nitrogen and oxygen atoms in total. The van der Waals surface area contributed by atoms with Gasteiger partial charge in [-0.25, -0.2) is 14.8 Å². The van der Waals surface area contributed by atoms with Crippen molar-refractivity contribution < 1.29 is 14.3 Å². The number of H-pyrrole nitrogens is 1. The number of anilines is 1. The SMILES string of the molecule is Cc1cccc(NC(=O)C(C)OC(=O)c2ccc(-c3nc(C)c(C)[nH]3)cc2)n1. The van der Waals surface area contributed by atoms with Gasteiger partial charge in [-0.1, -0.05) is 18.2 Å². The minimum absolute atomic E-state index is 0.358. The van der Waals surface area contributed by atoms with Gasteiger partial charge in [-0.15, -0.1) is 0 Å². The monoisotopic (exact) mass is 378 g/mol. The number of nitrogens with zero attached hydrogens (tertiary/aromatic N) is 2. The molecule has 1 unspecified atom stereocenters. The van der Waals surface area contributed by atoms with E-state index in [1.54, 1.807) is 36.4 Å². The quantitative estimate of drug-likeness (QED) is 0.662. The second kappa shape index (κ2) is 8.04. The number of hydrogen-bond acceptors (Lipinski definition) is 5. The van der Waals surface area contributed by atoms with Crippen LogP contribution in [0.1, 0.15) is 34.4 Å². The van der Waals surface area contributed by atoms with E-state index < -0.39 is 18.0 Å². The maximum atomic E-state index is 12.3. The number of benzene rings is 1. The molecule has 3 aromatic rings. The molecule has 1 aromatic carbocycles. The first-order valence-corrected chi connectivity index (χ1v) is 8.92. The molecule has 0 bridgehead atoms. The molecule has 7 heteroatoms. The lowest BCUT2D eigenvalue weighted by molar-refractivity contribution is -0.123. The second-order valence-electron chi connectivity index (χ2n) is 6.57. The van der Waals surface area contributed by atoms with Gasteiger partial charge < -0.3 is 15.0 Å². The number of rotatable bonds is 5. The number of nitrogens with one attached hydrogen (secondary N) is 2. The fourth-order valence-electron chi connectivity index (χ4n) is 2.57. The summed E-state index contributed by atoms with van der Waals surface area (Å²) in [4.78, 5) is 36.4. The van der Waals surface area contributed by atoms with E-state index in [2.05, 4.69) is 20.3 Å². The predicted molar refractivity (Wildman–Crippen MR) is 106 cm³/mol. The molecule has 0 fully saturated rings. The third-order valence-electron chi connectivity index (χ3n) is 4.31. The van der Waals surface area contributed by atoms with Crippen molar-refractivity contribution >= 4 is 17.7 Å². The van der Waals surface area contributed by atoms with Gasteiger partial charge in [-0.2, -0.15) is 0 Å². The molecule has 1 amide bonds. The minimum atomic E-state index is -0.954. The van der Waals surface area contributed by atoms with Gasteiger partial charge in [0.15, 0.2) is 6.10 Å². The Morgan fingerprint density at radius 2 is 1.75 bits per heavy atom. The van der Waals surface area contributed by atoms with E-state index in [-0.39, 0.29) is 0 Å². The number of aromatic nitrogens is 3. The molecule has 0 aliphatic heterocycles. The normalized spacial score (nSPS) is 11.7. The molecule has 0 aliphatic rings. The number of esters is 1. The van der Waals surface area contributed by atoms with E-state index in [9.17, 15) is 9.59 Å². The van der Waals surface area contributed by atoms with Crippen LogP contribution in [0, 0.1) is 20.8 Å². The van der Waals surface area contributed by atoms with E-state index in [0.29, 0.717) is 11.4 Å². The summed E-state index contributed by atoms with van der Waals surface area (Å²) in [5.41, 5.74) is 3.94. The Balaban J connectivity index is 1.62. The Morgan fingerprint density at radius 3 is 2.36 bits per heavy atom. The number of hydrogen-bond donors (Lipinski definition) is 2. The largest absolute Gasteiger partial charge is 0.449 e. The summed E-state index contributed by atoms with van der Waals surface area (Å²) in [6, 6.07) is 12.2. The molecule has 0 radical (unpaired) electrons. The molecule has 2 aromatic heterocycles. The number of amides is 1. The summed E-state index contributed by atoms with van der Waals surface area (Å²) in [7, 11) is 0. The van der Waals surface area contributed by atoms with E-state index in [1.807, 2.05) is 26.8 Å². The van der Waals surface area contributed by atoms with Crippen molar-refractivity contribution in [3.8, 4) is 11.4 Å². The molecular weight excluding hydrogens is 356 g/mol. The molecule has 28 heavy (non-hydrogen) atoms. The summed E-state index contributed by atoms with van der Waals surface area (Å²) < 4.78 is 5.27. The lowest BCUT2D eigenvalue weighted by Gasteiger charge is -2.13.